The fourth-order valence-electron chi connectivity index (χ4n) is 7.71. The van der Waals surface area contributed by atoms with Gasteiger partial charge in [-0.05, 0) is 116 Å². The second-order valence-corrected chi connectivity index (χ2v) is 19.2. The Bertz CT molecular complexity index is 1580. The summed E-state index contributed by atoms with van der Waals surface area (Å²) in [6.45, 7) is 6.42. The number of hydrogen-bond donors (Lipinski definition) is 0. The van der Waals surface area contributed by atoms with Gasteiger partial charge < -0.3 is 14.2 Å². The zero-order valence-corrected chi connectivity index (χ0v) is 47.1. The summed E-state index contributed by atoms with van der Waals surface area (Å²) in [5.41, 5.74) is 0. The maximum absolute atomic E-state index is 12.8. The largest absolute Gasteiger partial charge is 0.462 e. The minimum absolute atomic E-state index is 0.101. The van der Waals surface area contributed by atoms with Gasteiger partial charge in [0, 0.05) is 19.3 Å². The number of carbonyl (C=O) groups excluding carboxylic acids is 3. The Morgan fingerprint density at radius 3 is 0.918 bits per heavy atom. The van der Waals surface area contributed by atoms with Crippen molar-refractivity contribution in [2.24, 2.45) is 0 Å². The van der Waals surface area contributed by atoms with Crippen molar-refractivity contribution in [1.82, 2.24) is 0 Å². The molecule has 6 nitrogen and oxygen atoms in total. The van der Waals surface area contributed by atoms with Gasteiger partial charge >= 0.3 is 17.9 Å². The lowest BCUT2D eigenvalue weighted by molar-refractivity contribution is -0.167. The molecule has 0 bridgehead atoms. The molecule has 0 aromatic carbocycles. The van der Waals surface area contributed by atoms with Crippen LogP contribution in [-0.2, 0) is 28.6 Å². The van der Waals surface area contributed by atoms with Gasteiger partial charge in [0.2, 0.25) is 0 Å². The SMILES string of the molecule is CC/C=C\C/C=C\C/C=C\C/C=C\C/C=C\C/C=C\C/C=C\C/C=C\C/C=C\CCCC(=O)OCC(COC(=O)CCCCCCCCCCC)OC(=O)CCCCCCCCC/C=C\C/C=C\CCCCC. The minimum Gasteiger partial charge on any atom is -0.462 e. The molecule has 0 aromatic heterocycles. The molecule has 0 aliphatic carbocycles. The number of esters is 3. The van der Waals surface area contributed by atoms with Gasteiger partial charge in [-0.1, -0.05) is 251 Å². The second kappa shape index (κ2) is 60.1. The number of ether oxygens (including phenoxy) is 3. The molecule has 0 amide bonds. The van der Waals surface area contributed by atoms with E-state index < -0.39 is 6.10 Å². The monoisotopic (exact) mass is 1010 g/mol. The van der Waals surface area contributed by atoms with Crippen LogP contribution in [0.3, 0.4) is 0 Å². The predicted molar refractivity (Wildman–Crippen MR) is 316 cm³/mol. The van der Waals surface area contributed by atoms with Gasteiger partial charge in [-0.2, -0.15) is 0 Å². The Morgan fingerprint density at radius 2 is 0.548 bits per heavy atom. The summed E-state index contributed by atoms with van der Waals surface area (Å²) in [5, 5.41) is 0. The van der Waals surface area contributed by atoms with Gasteiger partial charge in [-0.25, -0.2) is 0 Å². The Hall–Kier alpha value is -4.45. The third kappa shape index (κ3) is 58.3. The van der Waals surface area contributed by atoms with Crippen LogP contribution in [0.2, 0.25) is 0 Å². The topological polar surface area (TPSA) is 78.9 Å². The van der Waals surface area contributed by atoms with Crippen LogP contribution in [0.15, 0.2) is 134 Å². The summed E-state index contributed by atoms with van der Waals surface area (Å²) in [6, 6.07) is 0. The lowest BCUT2D eigenvalue weighted by Gasteiger charge is -2.18. The minimum atomic E-state index is -0.808. The fraction of sp³-hybridized carbons (Fsp3) is 0.627. The van der Waals surface area contributed by atoms with Gasteiger partial charge in [-0.15, -0.1) is 0 Å². The standard InChI is InChI=1S/C67H108O6/c1-4-7-10-13-16-19-21-23-25-27-28-29-30-31-32-33-34-35-36-37-38-40-41-43-45-48-51-54-57-60-66(69)72-63-64(62-71-65(68)59-56-53-50-47-18-15-12-9-6-3)73-67(70)61-58-55-52-49-46-44-42-39-26-24-22-20-17-14-11-8-5-2/h7,10,16-17,19-20,23-26,28-29,31-32,34-35,37-38,41,43,48,51,64H,4-6,8-9,11-15,18,21-22,27,30,33,36,39-40,42,44-47,49-50,52-63H2,1-3H3/b10-7-,19-16-,20-17-,25-23-,26-24-,29-28-,32-31-,35-34-,38-37-,43-41-,51-48-. The lowest BCUT2D eigenvalue weighted by atomic mass is 10.1. The fourth-order valence-corrected chi connectivity index (χ4v) is 7.71. The van der Waals surface area contributed by atoms with E-state index in [1.165, 1.54) is 89.9 Å². The van der Waals surface area contributed by atoms with E-state index in [2.05, 4.69) is 154 Å². The van der Waals surface area contributed by atoms with Crippen LogP contribution >= 0.6 is 0 Å². The molecule has 1 atom stereocenters. The quantitative estimate of drug-likeness (QED) is 0.0261. The Kier molecular flexibility index (Phi) is 56.4. The molecule has 0 saturated heterocycles. The van der Waals surface area contributed by atoms with E-state index in [-0.39, 0.29) is 37.5 Å². The summed E-state index contributed by atoms with van der Waals surface area (Å²) in [5.74, 6) is -0.978. The molecule has 0 rings (SSSR count). The highest BCUT2D eigenvalue weighted by Crippen LogP contribution is 2.14. The van der Waals surface area contributed by atoms with Crippen LogP contribution < -0.4 is 0 Å². The average molecular weight is 1010 g/mol. The van der Waals surface area contributed by atoms with E-state index >= 15 is 0 Å². The molecular formula is C67H108O6. The first-order valence-corrected chi connectivity index (χ1v) is 29.7. The molecule has 0 spiro atoms. The van der Waals surface area contributed by atoms with E-state index in [1.807, 2.05) is 0 Å². The first-order valence-electron chi connectivity index (χ1n) is 29.7. The third-order valence-electron chi connectivity index (χ3n) is 12.1. The second-order valence-electron chi connectivity index (χ2n) is 19.2. The molecule has 0 aliphatic heterocycles. The van der Waals surface area contributed by atoms with Gasteiger partial charge in [0.1, 0.15) is 13.2 Å². The zero-order chi connectivity index (χ0) is 52.9. The average Bonchev–Trinajstić information content (AvgIpc) is 3.39. The van der Waals surface area contributed by atoms with Crippen LogP contribution in [-0.4, -0.2) is 37.2 Å². The highest BCUT2D eigenvalue weighted by Gasteiger charge is 2.19. The van der Waals surface area contributed by atoms with Gasteiger partial charge in [0.25, 0.3) is 0 Å². The molecule has 1 unspecified atom stereocenters. The third-order valence-corrected chi connectivity index (χ3v) is 12.1. The number of rotatable bonds is 52. The molecule has 0 aromatic rings. The van der Waals surface area contributed by atoms with Crippen LogP contribution in [0, 0.1) is 0 Å². The predicted octanol–water partition coefficient (Wildman–Crippen LogP) is 20.2. The summed E-state index contributed by atoms with van der Waals surface area (Å²) >= 11 is 0. The van der Waals surface area contributed by atoms with Gasteiger partial charge in [0.15, 0.2) is 6.10 Å². The van der Waals surface area contributed by atoms with Crippen molar-refractivity contribution >= 4 is 17.9 Å². The maximum Gasteiger partial charge on any atom is 0.306 e. The number of hydrogen-bond acceptors (Lipinski definition) is 6. The van der Waals surface area contributed by atoms with Crippen molar-refractivity contribution in [2.75, 3.05) is 13.2 Å². The highest BCUT2D eigenvalue weighted by molar-refractivity contribution is 5.71. The van der Waals surface area contributed by atoms with Crippen molar-refractivity contribution in [2.45, 2.75) is 258 Å². The Morgan fingerprint density at radius 1 is 0.288 bits per heavy atom. The first-order chi connectivity index (χ1) is 36.0. The van der Waals surface area contributed by atoms with Gasteiger partial charge in [0.05, 0.1) is 0 Å². The lowest BCUT2D eigenvalue weighted by Crippen LogP contribution is -2.30. The molecule has 0 heterocycles. The maximum atomic E-state index is 12.8. The summed E-state index contributed by atoms with van der Waals surface area (Å²) < 4.78 is 16.8. The van der Waals surface area contributed by atoms with Gasteiger partial charge in [-0.3, -0.25) is 14.4 Å². The normalized spacial score (nSPS) is 13.1. The summed E-state index contributed by atoms with van der Waals surface area (Å²) in [4.78, 5) is 38.0. The molecular weight excluding hydrogens is 901 g/mol. The molecule has 6 heteroatoms. The Balaban J connectivity index is 4.38. The van der Waals surface area contributed by atoms with Crippen molar-refractivity contribution in [1.29, 1.82) is 0 Å². The van der Waals surface area contributed by atoms with E-state index in [9.17, 15) is 14.4 Å². The van der Waals surface area contributed by atoms with Crippen LogP contribution in [0.25, 0.3) is 0 Å². The van der Waals surface area contributed by atoms with E-state index in [1.54, 1.807) is 0 Å². The number of allylic oxidation sites excluding steroid dienone is 22. The summed E-state index contributed by atoms with van der Waals surface area (Å²) in [6.07, 6.45) is 84.6. The van der Waals surface area contributed by atoms with Crippen LogP contribution in [0.1, 0.15) is 252 Å². The zero-order valence-electron chi connectivity index (χ0n) is 47.1. The smallest absolute Gasteiger partial charge is 0.306 e. The van der Waals surface area contributed by atoms with Crippen molar-refractivity contribution in [3.8, 4) is 0 Å². The number of carbonyl (C=O) groups is 3. The molecule has 0 aliphatic rings. The highest BCUT2D eigenvalue weighted by atomic mass is 16.6. The van der Waals surface area contributed by atoms with E-state index in [4.69, 9.17) is 14.2 Å². The van der Waals surface area contributed by atoms with E-state index in [0.29, 0.717) is 19.3 Å². The van der Waals surface area contributed by atoms with Crippen molar-refractivity contribution < 1.29 is 28.6 Å². The molecule has 412 valence electrons. The molecule has 0 N–H and O–H groups in total. The van der Waals surface area contributed by atoms with Crippen molar-refractivity contribution in [3.63, 3.8) is 0 Å². The molecule has 73 heavy (non-hydrogen) atoms. The molecule has 0 saturated carbocycles. The van der Waals surface area contributed by atoms with Crippen molar-refractivity contribution in [3.05, 3.63) is 134 Å². The summed E-state index contributed by atoms with van der Waals surface area (Å²) in [7, 11) is 0. The van der Waals surface area contributed by atoms with E-state index in [0.717, 1.165) is 116 Å². The number of unbranched alkanes of at least 4 members (excludes halogenated alkanes) is 19. The molecule has 0 fully saturated rings. The van der Waals surface area contributed by atoms with Crippen LogP contribution in [0.4, 0.5) is 0 Å². The van der Waals surface area contributed by atoms with Crippen LogP contribution in [0.5, 0.6) is 0 Å². The Labute approximate surface area is 449 Å². The first kappa shape index (κ1) is 68.6. The molecule has 0 radical (unpaired) electrons.